The van der Waals surface area contributed by atoms with Crippen LogP contribution in [0.2, 0.25) is 0 Å². The number of phenols is 1. The van der Waals surface area contributed by atoms with Crippen LogP contribution in [-0.4, -0.2) is 11.1 Å². The van der Waals surface area contributed by atoms with E-state index in [2.05, 4.69) is 19.1 Å². The van der Waals surface area contributed by atoms with Crippen LogP contribution < -0.4 is 4.74 Å². The second-order valence-corrected chi connectivity index (χ2v) is 6.24. The third-order valence-corrected chi connectivity index (χ3v) is 4.34. The summed E-state index contributed by atoms with van der Waals surface area (Å²) in [6.45, 7) is 3.52. The number of ether oxygens (including phenoxy) is 1. The van der Waals surface area contributed by atoms with Crippen LogP contribution in [0.15, 0.2) is 78.9 Å². The summed E-state index contributed by atoms with van der Waals surface area (Å²) in [6, 6.07) is 25.0. The van der Waals surface area contributed by atoms with E-state index in [1.807, 2.05) is 42.5 Å². The van der Waals surface area contributed by atoms with Gasteiger partial charge in [0, 0.05) is 6.92 Å². The maximum atomic E-state index is 11.2. The summed E-state index contributed by atoms with van der Waals surface area (Å²) in [5.41, 5.74) is 5.51. The molecule has 0 saturated heterocycles. The fourth-order valence-corrected chi connectivity index (χ4v) is 3.16. The Bertz CT molecular complexity index is 937. The number of hydrogen-bond donors (Lipinski definition) is 1. The average molecular weight is 358 g/mol. The molecule has 3 nitrogen and oxygen atoms in total. The second-order valence-electron chi connectivity index (χ2n) is 6.24. The number of benzene rings is 3. The number of rotatable bonds is 5. The lowest BCUT2D eigenvalue weighted by atomic mass is 9.88. The normalized spacial score (nSPS) is 11.6. The van der Waals surface area contributed by atoms with Gasteiger partial charge in [0.15, 0.2) is 0 Å². The van der Waals surface area contributed by atoms with Gasteiger partial charge < -0.3 is 9.84 Å². The molecule has 0 atom stereocenters. The highest BCUT2D eigenvalue weighted by molar-refractivity contribution is 5.98. The van der Waals surface area contributed by atoms with Crippen molar-refractivity contribution >= 4 is 17.1 Å². The molecule has 27 heavy (non-hydrogen) atoms. The van der Waals surface area contributed by atoms with Crippen LogP contribution in [0.5, 0.6) is 11.5 Å². The number of hydrogen-bond acceptors (Lipinski definition) is 3. The molecule has 0 aliphatic heterocycles. The maximum absolute atomic E-state index is 11.2. The van der Waals surface area contributed by atoms with Gasteiger partial charge in [0.1, 0.15) is 11.5 Å². The summed E-state index contributed by atoms with van der Waals surface area (Å²) in [4.78, 5) is 11.2. The molecule has 3 heteroatoms. The van der Waals surface area contributed by atoms with Gasteiger partial charge in [-0.1, -0.05) is 61.5 Å². The third-order valence-electron chi connectivity index (χ3n) is 4.34. The molecule has 0 aliphatic carbocycles. The van der Waals surface area contributed by atoms with Crippen molar-refractivity contribution in [2.45, 2.75) is 20.3 Å². The second kappa shape index (κ2) is 8.37. The van der Waals surface area contributed by atoms with Crippen molar-refractivity contribution in [3.63, 3.8) is 0 Å². The van der Waals surface area contributed by atoms with Gasteiger partial charge in [0.05, 0.1) is 0 Å². The molecule has 0 amide bonds. The SMILES string of the molecule is CC/C(=C(/c1ccc(O)cc1)c1ccc(OC(C)=O)cc1)c1ccccc1. The molecule has 0 bridgehead atoms. The molecule has 136 valence electrons. The highest BCUT2D eigenvalue weighted by atomic mass is 16.5. The minimum atomic E-state index is -0.337. The average Bonchev–Trinajstić information content (AvgIpc) is 2.68. The van der Waals surface area contributed by atoms with E-state index >= 15 is 0 Å². The third kappa shape index (κ3) is 4.45. The van der Waals surface area contributed by atoms with Crippen LogP contribution in [0.3, 0.4) is 0 Å². The smallest absolute Gasteiger partial charge is 0.308 e. The fraction of sp³-hybridized carbons (Fsp3) is 0.125. The van der Waals surface area contributed by atoms with Gasteiger partial charge in [-0.2, -0.15) is 0 Å². The number of allylic oxidation sites excluding steroid dienone is 1. The van der Waals surface area contributed by atoms with Gasteiger partial charge in [-0.3, -0.25) is 4.79 Å². The molecular weight excluding hydrogens is 336 g/mol. The summed E-state index contributed by atoms with van der Waals surface area (Å²) >= 11 is 0. The molecule has 3 rings (SSSR count). The molecule has 0 heterocycles. The number of phenolic OH excluding ortho intramolecular Hbond substituents is 1. The van der Waals surface area contributed by atoms with Gasteiger partial charge in [0.2, 0.25) is 0 Å². The van der Waals surface area contributed by atoms with Gasteiger partial charge in [0.25, 0.3) is 0 Å². The van der Waals surface area contributed by atoms with Crippen LogP contribution >= 0.6 is 0 Å². The van der Waals surface area contributed by atoms with Crippen molar-refractivity contribution in [3.8, 4) is 11.5 Å². The van der Waals surface area contributed by atoms with E-state index in [1.165, 1.54) is 12.5 Å². The first-order chi connectivity index (χ1) is 13.1. The number of carbonyl (C=O) groups excluding carboxylic acids is 1. The highest BCUT2D eigenvalue weighted by Gasteiger charge is 2.13. The molecule has 1 N–H and O–H groups in total. The predicted octanol–water partition coefficient (Wildman–Crippen LogP) is 5.69. The lowest BCUT2D eigenvalue weighted by molar-refractivity contribution is -0.131. The number of carbonyl (C=O) groups is 1. The lowest BCUT2D eigenvalue weighted by Crippen LogP contribution is -2.01. The van der Waals surface area contributed by atoms with Crippen LogP contribution in [0.1, 0.15) is 37.0 Å². The van der Waals surface area contributed by atoms with Gasteiger partial charge in [-0.25, -0.2) is 0 Å². The fourth-order valence-electron chi connectivity index (χ4n) is 3.16. The van der Waals surface area contributed by atoms with E-state index in [4.69, 9.17) is 4.74 Å². The maximum Gasteiger partial charge on any atom is 0.308 e. The topological polar surface area (TPSA) is 46.5 Å². The van der Waals surface area contributed by atoms with Crippen molar-refractivity contribution in [3.05, 3.63) is 95.6 Å². The summed E-state index contributed by atoms with van der Waals surface area (Å²) in [5, 5.41) is 9.68. The Morgan fingerprint density at radius 1 is 0.815 bits per heavy atom. The first-order valence-electron chi connectivity index (χ1n) is 8.95. The molecule has 0 spiro atoms. The minimum absolute atomic E-state index is 0.237. The monoisotopic (exact) mass is 358 g/mol. The highest BCUT2D eigenvalue weighted by Crippen LogP contribution is 2.35. The Balaban J connectivity index is 2.17. The van der Waals surface area contributed by atoms with E-state index in [-0.39, 0.29) is 11.7 Å². The van der Waals surface area contributed by atoms with Crippen molar-refractivity contribution in [2.24, 2.45) is 0 Å². The quantitative estimate of drug-likeness (QED) is 0.362. The zero-order chi connectivity index (χ0) is 19.2. The van der Waals surface area contributed by atoms with Crippen molar-refractivity contribution in [1.29, 1.82) is 0 Å². The molecule has 0 unspecified atom stereocenters. The predicted molar refractivity (Wildman–Crippen MR) is 109 cm³/mol. The summed E-state index contributed by atoms with van der Waals surface area (Å²) in [7, 11) is 0. The summed E-state index contributed by atoms with van der Waals surface area (Å²) < 4.78 is 5.15. The van der Waals surface area contributed by atoms with Crippen LogP contribution in [-0.2, 0) is 4.79 Å². The Kier molecular flexibility index (Phi) is 5.72. The Morgan fingerprint density at radius 3 is 1.89 bits per heavy atom. The first kappa shape index (κ1) is 18.5. The van der Waals surface area contributed by atoms with Gasteiger partial charge in [-0.15, -0.1) is 0 Å². The molecular formula is C24H22O3. The molecule has 3 aromatic carbocycles. The Hall–Kier alpha value is -3.33. The van der Waals surface area contributed by atoms with Crippen molar-refractivity contribution in [1.82, 2.24) is 0 Å². The van der Waals surface area contributed by atoms with Crippen LogP contribution in [0, 0.1) is 0 Å². The van der Waals surface area contributed by atoms with Gasteiger partial charge >= 0.3 is 5.97 Å². The van der Waals surface area contributed by atoms with E-state index in [0.717, 1.165) is 28.7 Å². The van der Waals surface area contributed by atoms with E-state index in [9.17, 15) is 9.90 Å². The Morgan fingerprint density at radius 2 is 1.37 bits per heavy atom. The summed E-state index contributed by atoms with van der Waals surface area (Å²) in [6.07, 6.45) is 0.853. The molecule has 0 aromatic heterocycles. The number of aromatic hydroxyl groups is 1. The van der Waals surface area contributed by atoms with E-state index in [0.29, 0.717) is 5.75 Å². The van der Waals surface area contributed by atoms with Crippen LogP contribution in [0.4, 0.5) is 0 Å². The van der Waals surface area contributed by atoms with Crippen molar-refractivity contribution < 1.29 is 14.6 Å². The summed E-state index contributed by atoms with van der Waals surface area (Å²) in [5.74, 6) is 0.422. The molecule has 0 saturated carbocycles. The minimum Gasteiger partial charge on any atom is -0.508 e. The largest absolute Gasteiger partial charge is 0.508 e. The van der Waals surface area contributed by atoms with E-state index in [1.54, 1.807) is 24.3 Å². The van der Waals surface area contributed by atoms with Crippen molar-refractivity contribution in [2.75, 3.05) is 0 Å². The lowest BCUT2D eigenvalue weighted by Gasteiger charge is -2.16. The number of esters is 1. The first-order valence-corrected chi connectivity index (χ1v) is 8.95. The standard InChI is InChI=1S/C24H22O3/c1-3-23(18-7-5-4-6-8-18)24(19-9-13-21(26)14-10-19)20-11-15-22(16-12-20)27-17(2)25/h4-16,26H,3H2,1-2H3/b24-23+. The van der Waals surface area contributed by atoms with E-state index < -0.39 is 0 Å². The molecule has 0 fully saturated rings. The molecule has 3 aromatic rings. The zero-order valence-electron chi connectivity index (χ0n) is 15.5. The molecule has 0 aliphatic rings. The molecule has 0 radical (unpaired) electrons. The van der Waals surface area contributed by atoms with Crippen LogP contribution in [0.25, 0.3) is 11.1 Å². The Labute approximate surface area is 159 Å². The van der Waals surface area contributed by atoms with Gasteiger partial charge in [-0.05, 0) is 58.5 Å². The zero-order valence-corrected chi connectivity index (χ0v) is 15.5.